The standard InChI is InChI=1S/C25H29NO6/c1-25(2,3)32-24(30)26-21(13-16-7-5-4-6-8-16)20-12-17(9-10-19(20)23(28)29)11-18-14-22(27)31-15-18/h4-10,12,18,21H,11,13-15H2,1-3H3,(H,26,30)(H,28,29)/t18-,21-/m0/s1. The predicted octanol–water partition coefficient (Wildman–Crippen LogP) is 4.30. The molecule has 32 heavy (non-hydrogen) atoms. The van der Waals surface area contributed by atoms with Gasteiger partial charge in [0.2, 0.25) is 0 Å². The number of hydrogen-bond acceptors (Lipinski definition) is 5. The fraction of sp³-hybridized carbons (Fsp3) is 0.400. The van der Waals surface area contributed by atoms with Crippen molar-refractivity contribution in [3.8, 4) is 0 Å². The Balaban J connectivity index is 1.94. The average molecular weight is 440 g/mol. The zero-order valence-corrected chi connectivity index (χ0v) is 18.6. The molecule has 1 aliphatic heterocycles. The summed E-state index contributed by atoms with van der Waals surface area (Å²) in [6, 6.07) is 14.0. The first-order valence-electron chi connectivity index (χ1n) is 10.7. The van der Waals surface area contributed by atoms with Crippen LogP contribution in [0.4, 0.5) is 4.79 Å². The summed E-state index contributed by atoms with van der Waals surface area (Å²) in [5, 5.41) is 12.7. The molecule has 0 spiro atoms. The molecule has 3 rings (SSSR count). The summed E-state index contributed by atoms with van der Waals surface area (Å²) < 4.78 is 10.5. The van der Waals surface area contributed by atoms with Crippen molar-refractivity contribution in [1.29, 1.82) is 0 Å². The minimum atomic E-state index is -1.07. The second kappa shape index (κ2) is 9.85. The summed E-state index contributed by atoms with van der Waals surface area (Å²) in [7, 11) is 0. The second-order valence-electron chi connectivity index (χ2n) is 9.07. The molecule has 0 radical (unpaired) electrons. The van der Waals surface area contributed by atoms with Gasteiger partial charge in [0.25, 0.3) is 0 Å². The first kappa shape index (κ1) is 23.3. The first-order chi connectivity index (χ1) is 15.1. The Hall–Kier alpha value is -3.35. The van der Waals surface area contributed by atoms with Gasteiger partial charge >= 0.3 is 18.0 Å². The number of carboxylic acids is 1. The van der Waals surface area contributed by atoms with Crippen molar-refractivity contribution in [2.24, 2.45) is 5.92 Å². The number of amides is 1. The molecule has 0 unspecified atom stereocenters. The molecule has 7 heteroatoms. The van der Waals surface area contributed by atoms with Crippen LogP contribution in [-0.2, 0) is 27.1 Å². The third kappa shape index (κ3) is 6.57. The summed E-state index contributed by atoms with van der Waals surface area (Å²) in [5.74, 6) is -1.24. The molecule has 1 amide bonds. The average Bonchev–Trinajstić information content (AvgIpc) is 3.11. The van der Waals surface area contributed by atoms with Gasteiger partial charge in [0, 0.05) is 5.92 Å². The van der Waals surface area contributed by atoms with Crippen molar-refractivity contribution >= 4 is 18.0 Å². The number of nitrogens with one attached hydrogen (secondary N) is 1. The molecule has 2 aromatic carbocycles. The third-order valence-corrected chi connectivity index (χ3v) is 5.16. The topological polar surface area (TPSA) is 102 Å². The maximum atomic E-state index is 12.6. The highest BCUT2D eigenvalue weighted by Crippen LogP contribution is 2.27. The SMILES string of the molecule is CC(C)(C)OC(=O)N[C@@H](Cc1ccccc1)c1cc(C[C@@H]2COC(=O)C2)ccc1C(=O)O. The third-order valence-electron chi connectivity index (χ3n) is 5.16. The van der Waals surface area contributed by atoms with E-state index in [-0.39, 0.29) is 17.5 Å². The Labute approximate surface area is 187 Å². The van der Waals surface area contributed by atoms with Crippen LogP contribution in [0, 0.1) is 5.92 Å². The first-order valence-corrected chi connectivity index (χ1v) is 10.7. The molecule has 1 fully saturated rings. The van der Waals surface area contributed by atoms with Gasteiger partial charge in [-0.1, -0.05) is 42.5 Å². The molecule has 0 aliphatic carbocycles. The second-order valence-corrected chi connectivity index (χ2v) is 9.07. The van der Waals surface area contributed by atoms with Gasteiger partial charge in [-0.3, -0.25) is 4.79 Å². The maximum absolute atomic E-state index is 12.6. The van der Waals surface area contributed by atoms with Crippen molar-refractivity contribution < 1.29 is 29.0 Å². The molecular weight excluding hydrogens is 410 g/mol. The zero-order valence-electron chi connectivity index (χ0n) is 18.6. The number of hydrogen-bond donors (Lipinski definition) is 2. The van der Waals surface area contributed by atoms with Crippen LogP contribution in [0.15, 0.2) is 48.5 Å². The van der Waals surface area contributed by atoms with E-state index in [9.17, 15) is 19.5 Å². The highest BCUT2D eigenvalue weighted by atomic mass is 16.6. The van der Waals surface area contributed by atoms with Gasteiger partial charge in [-0.25, -0.2) is 9.59 Å². The summed E-state index contributed by atoms with van der Waals surface area (Å²) in [5.41, 5.74) is 1.76. The molecule has 2 aromatic rings. The zero-order chi connectivity index (χ0) is 23.3. The van der Waals surface area contributed by atoms with E-state index in [2.05, 4.69) is 5.32 Å². The Kier molecular flexibility index (Phi) is 7.18. The fourth-order valence-corrected chi connectivity index (χ4v) is 3.79. The highest BCUT2D eigenvalue weighted by Gasteiger charge is 2.27. The molecule has 2 atom stereocenters. The van der Waals surface area contributed by atoms with Gasteiger partial charge in [-0.15, -0.1) is 0 Å². The van der Waals surface area contributed by atoms with Crippen molar-refractivity contribution in [2.45, 2.75) is 51.7 Å². The number of cyclic esters (lactones) is 1. The molecule has 1 heterocycles. The van der Waals surface area contributed by atoms with E-state index in [0.29, 0.717) is 31.4 Å². The van der Waals surface area contributed by atoms with Crippen LogP contribution in [0.1, 0.15) is 60.3 Å². The number of aromatic carboxylic acids is 1. The van der Waals surface area contributed by atoms with E-state index in [0.717, 1.165) is 11.1 Å². The highest BCUT2D eigenvalue weighted by molar-refractivity contribution is 5.90. The summed E-state index contributed by atoms with van der Waals surface area (Å²) in [6.45, 7) is 5.67. The monoisotopic (exact) mass is 439 g/mol. The molecule has 2 N–H and O–H groups in total. The van der Waals surface area contributed by atoms with E-state index < -0.39 is 23.7 Å². The van der Waals surface area contributed by atoms with Crippen LogP contribution in [0.5, 0.6) is 0 Å². The van der Waals surface area contributed by atoms with E-state index >= 15 is 0 Å². The van der Waals surface area contributed by atoms with Gasteiger partial charge in [0.1, 0.15) is 5.60 Å². The number of esters is 1. The van der Waals surface area contributed by atoms with E-state index in [1.165, 1.54) is 0 Å². The Morgan fingerprint density at radius 3 is 2.47 bits per heavy atom. The number of alkyl carbamates (subject to hydrolysis) is 1. The molecule has 1 saturated heterocycles. The molecule has 0 saturated carbocycles. The van der Waals surface area contributed by atoms with Crippen LogP contribution in [0.3, 0.4) is 0 Å². The lowest BCUT2D eigenvalue weighted by Gasteiger charge is -2.25. The largest absolute Gasteiger partial charge is 0.478 e. The summed E-state index contributed by atoms with van der Waals surface area (Å²) >= 11 is 0. The van der Waals surface area contributed by atoms with Crippen LogP contribution >= 0.6 is 0 Å². The lowest BCUT2D eigenvalue weighted by molar-refractivity contribution is -0.137. The Morgan fingerprint density at radius 1 is 1.16 bits per heavy atom. The molecule has 170 valence electrons. The van der Waals surface area contributed by atoms with Gasteiger partial charge in [0.15, 0.2) is 0 Å². The van der Waals surface area contributed by atoms with Crippen molar-refractivity contribution in [2.75, 3.05) is 6.61 Å². The van der Waals surface area contributed by atoms with Crippen molar-refractivity contribution in [3.63, 3.8) is 0 Å². The minimum absolute atomic E-state index is 0.0532. The minimum Gasteiger partial charge on any atom is -0.478 e. The van der Waals surface area contributed by atoms with Crippen molar-refractivity contribution in [3.05, 3.63) is 70.8 Å². The molecular formula is C25H29NO6. The number of carbonyl (C=O) groups is 3. The normalized spacial score (nSPS) is 16.8. The molecule has 0 aromatic heterocycles. The molecule has 1 aliphatic rings. The number of ether oxygens (including phenoxy) is 2. The van der Waals surface area contributed by atoms with Crippen LogP contribution in [-0.4, -0.2) is 35.3 Å². The quantitative estimate of drug-likeness (QED) is 0.624. The van der Waals surface area contributed by atoms with Crippen LogP contribution in [0.25, 0.3) is 0 Å². The predicted molar refractivity (Wildman–Crippen MR) is 118 cm³/mol. The lowest BCUT2D eigenvalue weighted by atomic mass is 9.90. The Morgan fingerprint density at radius 2 is 1.88 bits per heavy atom. The number of carboxylic acid groups (broad SMARTS) is 1. The lowest BCUT2D eigenvalue weighted by Crippen LogP contribution is -2.36. The molecule has 7 nitrogen and oxygen atoms in total. The van der Waals surface area contributed by atoms with E-state index in [1.807, 2.05) is 30.3 Å². The Bertz CT molecular complexity index is 980. The van der Waals surface area contributed by atoms with Gasteiger partial charge < -0.3 is 19.9 Å². The number of carbonyl (C=O) groups excluding carboxylic acids is 2. The maximum Gasteiger partial charge on any atom is 0.408 e. The summed E-state index contributed by atoms with van der Waals surface area (Å²) in [6.07, 6.45) is 0.715. The van der Waals surface area contributed by atoms with Gasteiger partial charge in [0.05, 0.1) is 24.6 Å². The smallest absolute Gasteiger partial charge is 0.408 e. The van der Waals surface area contributed by atoms with Gasteiger partial charge in [-0.05, 0) is 56.4 Å². The molecule has 0 bridgehead atoms. The van der Waals surface area contributed by atoms with E-state index in [4.69, 9.17) is 9.47 Å². The van der Waals surface area contributed by atoms with Crippen LogP contribution in [0.2, 0.25) is 0 Å². The summed E-state index contributed by atoms with van der Waals surface area (Å²) in [4.78, 5) is 36.0. The van der Waals surface area contributed by atoms with Crippen LogP contribution < -0.4 is 5.32 Å². The number of rotatable bonds is 7. The van der Waals surface area contributed by atoms with Gasteiger partial charge in [-0.2, -0.15) is 0 Å². The van der Waals surface area contributed by atoms with Crippen molar-refractivity contribution in [1.82, 2.24) is 5.32 Å². The fourth-order valence-electron chi connectivity index (χ4n) is 3.79. The van der Waals surface area contributed by atoms with E-state index in [1.54, 1.807) is 39.0 Å². The number of benzene rings is 2.